The van der Waals surface area contributed by atoms with Crippen LogP contribution in [0.15, 0.2) is 66.1 Å². The van der Waals surface area contributed by atoms with Crippen molar-refractivity contribution in [1.29, 1.82) is 0 Å². The van der Waals surface area contributed by atoms with E-state index in [4.69, 9.17) is 0 Å². The molecule has 0 bridgehead atoms. The number of thioether (sulfide) groups is 1. The van der Waals surface area contributed by atoms with E-state index in [0.717, 1.165) is 11.3 Å². The predicted molar refractivity (Wildman–Crippen MR) is 106 cm³/mol. The monoisotopic (exact) mass is 365 g/mol. The Morgan fingerprint density at radius 2 is 1.69 bits per heavy atom. The molecule has 3 rings (SSSR count). The lowest BCUT2D eigenvalue weighted by Gasteiger charge is -2.19. The first kappa shape index (κ1) is 18.4. The molecule has 1 atom stereocenters. The first-order chi connectivity index (χ1) is 12.4. The smallest absolute Gasteiger partial charge is 0.196 e. The van der Waals surface area contributed by atoms with Gasteiger partial charge in [0.25, 0.3) is 0 Å². The molecule has 0 aliphatic heterocycles. The lowest BCUT2D eigenvalue weighted by molar-refractivity contribution is 0.0994. The van der Waals surface area contributed by atoms with E-state index in [1.807, 2.05) is 66.1 Å². The quantitative estimate of drug-likeness (QED) is 0.475. The average molecular weight is 366 g/mol. The van der Waals surface area contributed by atoms with Crippen LogP contribution >= 0.6 is 11.8 Å². The van der Waals surface area contributed by atoms with E-state index >= 15 is 0 Å². The summed E-state index contributed by atoms with van der Waals surface area (Å²) in [4.78, 5) is 12.8. The molecule has 0 saturated carbocycles. The van der Waals surface area contributed by atoms with Crippen molar-refractivity contribution in [2.75, 3.05) is 0 Å². The van der Waals surface area contributed by atoms with Crippen molar-refractivity contribution in [2.24, 2.45) is 0 Å². The maximum atomic E-state index is 12.8. The number of rotatable bonds is 5. The summed E-state index contributed by atoms with van der Waals surface area (Å²) >= 11 is 1.42. The Morgan fingerprint density at radius 3 is 2.31 bits per heavy atom. The van der Waals surface area contributed by atoms with Gasteiger partial charge in [0.15, 0.2) is 10.9 Å². The fraction of sp³-hybridized carbons (Fsp3) is 0.286. The highest BCUT2D eigenvalue weighted by Crippen LogP contribution is 2.27. The van der Waals surface area contributed by atoms with Gasteiger partial charge in [-0.25, -0.2) is 0 Å². The number of nitrogens with zero attached hydrogens (tertiary/aromatic N) is 3. The molecule has 0 amide bonds. The molecule has 3 aromatic rings. The fourth-order valence-electron chi connectivity index (χ4n) is 2.65. The van der Waals surface area contributed by atoms with Crippen LogP contribution < -0.4 is 0 Å². The summed E-state index contributed by atoms with van der Waals surface area (Å²) in [6.45, 7) is 8.41. The van der Waals surface area contributed by atoms with Crippen LogP contribution in [0.4, 0.5) is 0 Å². The second kappa shape index (κ2) is 7.46. The minimum atomic E-state index is -0.248. The molecule has 134 valence electrons. The summed E-state index contributed by atoms with van der Waals surface area (Å²) in [5.41, 5.74) is 3.00. The molecule has 0 unspecified atom stereocenters. The van der Waals surface area contributed by atoms with Crippen LogP contribution in [-0.4, -0.2) is 25.8 Å². The summed E-state index contributed by atoms with van der Waals surface area (Å²) < 4.78 is 1.90. The normalized spacial score (nSPS) is 12.8. The lowest BCUT2D eigenvalue weighted by Crippen LogP contribution is -2.16. The number of hydrogen-bond acceptors (Lipinski definition) is 4. The molecule has 0 fully saturated rings. The van der Waals surface area contributed by atoms with Gasteiger partial charge in [-0.05, 0) is 30.0 Å². The standard InChI is InChI=1S/C21H23N3OS/c1-15(19(25)16-10-12-17(13-11-16)21(2,3)4)26-20-23-22-14-24(20)18-8-6-5-7-9-18/h5-15H,1-4H3/t15-/m0/s1. The van der Waals surface area contributed by atoms with Gasteiger partial charge >= 0.3 is 0 Å². The molecule has 1 heterocycles. The van der Waals surface area contributed by atoms with E-state index in [1.54, 1.807) is 6.33 Å². The second-order valence-electron chi connectivity index (χ2n) is 7.27. The van der Waals surface area contributed by atoms with Gasteiger partial charge in [-0.15, -0.1) is 10.2 Å². The molecule has 2 aromatic carbocycles. The summed E-state index contributed by atoms with van der Waals surface area (Å²) in [5.74, 6) is 0.0954. The van der Waals surface area contributed by atoms with E-state index in [-0.39, 0.29) is 16.4 Å². The molecule has 0 N–H and O–H groups in total. The zero-order chi connectivity index (χ0) is 18.7. The topological polar surface area (TPSA) is 47.8 Å². The SMILES string of the molecule is C[C@H](Sc1nncn1-c1ccccc1)C(=O)c1ccc(C(C)(C)C)cc1. The summed E-state index contributed by atoms with van der Waals surface area (Å²) in [6, 6.07) is 17.8. The van der Waals surface area contributed by atoms with E-state index < -0.39 is 0 Å². The Bertz CT molecular complexity index is 880. The highest BCUT2D eigenvalue weighted by molar-refractivity contribution is 8.00. The molecule has 26 heavy (non-hydrogen) atoms. The van der Waals surface area contributed by atoms with E-state index in [9.17, 15) is 4.79 Å². The van der Waals surface area contributed by atoms with Gasteiger partial charge in [-0.1, -0.05) is 75.0 Å². The highest BCUT2D eigenvalue weighted by Gasteiger charge is 2.21. The van der Waals surface area contributed by atoms with Crippen LogP contribution in [0.25, 0.3) is 5.69 Å². The Labute approximate surface area is 158 Å². The Hall–Kier alpha value is -2.40. The van der Waals surface area contributed by atoms with E-state index in [2.05, 4.69) is 31.0 Å². The summed E-state index contributed by atoms with van der Waals surface area (Å²) in [7, 11) is 0. The lowest BCUT2D eigenvalue weighted by atomic mass is 9.86. The van der Waals surface area contributed by atoms with Crippen molar-refractivity contribution in [3.8, 4) is 5.69 Å². The molecule has 0 radical (unpaired) electrons. The van der Waals surface area contributed by atoms with Crippen LogP contribution in [0.3, 0.4) is 0 Å². The molecule has 0 saturated heterocycles. The number of aromatic nitrogens is 3. The zero-order valence-electron chi connectivity index (χ0n) is 15.5. The molecule has 5 heteroatoms. The molecule has 0 aliphatic carbocycles. The van der Waals surface area contributed by atoms with Crippen molar-refractivity contribution in [1.82, 2.24) is 14.8 Å². The average Bonchev–Trinajstić information content (AvgIpc) is 3.09. The van der Waals surface area contributed by atoms with Crippen LogP contribution in [0.2, 0.25) is 0 Å². The largest absolute Gasteiger partial charge is 0.293 e. The maximum absolute atomic E-state index is 12.8. The third kappa shape index (κ3) is 4.05. The maximum Gasteiger partial charge on any atom is 0.196 e. The van der Waals surface area contributed by atoms with Crippen molar-refractivity contribution >= 4 is 17.5 Å². The molecule has 1 aromatic heterocycles. The highest BCUT2D eigenvalue weighted by atomic mass is 32.2. The van der Waals surface area contributed by atoms with E-state index in [0.29, 0.717) is 5.16 Å². The number of ketones is 1. The minimum absolute atomic E-state index is 0.0774. The third-order valence-corrected chi connectivity index (χ3v) is 5.29. The molecule has 0 aliphatic rings. The summed E-state index contributed by atoms with van der Waals surface area (Å²) in [5, 5.41) is 8.65. The summed E-state index contributed by atoms with van der Waals surface area (Å²) in [6.07, 6.45) is 1.67. The number of benzene rings is 2. The van der Waals surface area contributed by atoms with Gasteiger partial charge in [0, 0.05) is 11.3 Å². The number of carbonyl (C=O) groups excluding carboxylic acids is 1. The van der Waals surface area contributed by atoms with Crippen LogP contribution in [-0.2, 0) is 5.41 Å². The number of Topliss-reactive ketones (excluding diaryl/α,β-unsaturated/α-hetero) is 1. The van der Waals surface area contributed by atoms with Crippen molar-refractivity contribution < 1.29 is 4.79 Å². The Morgan fingerprint density at radius 1 is 1.04 bits per heavy atom. The van der Waals surface area contributed by atoms with Crippen molar-refractivity contribution in [3.05, 3.63) is 72.1 Å². The molecular weight excluding hydrogens is 342 g/mol. The van der Waals surface area contributed by atoms with Gasteiger partial charge in [0.1, 0.15) is 6.33 Å². The molecule has 0 spiro atoms. The molecule has 4 nitrogen and oxygen atoms in total. The van der Waals surface area contributed by atoms with E-state index in [1.165, 1.54) is 17.3 Å². The zero-order valence-corrected chi connectivity index (χ0v) is 16.3. The Balaban J connectivity index is 1.76. The minimum Gasteiger partial charge on any atom is -0.293 e. The number of para-hydroxylation sites is 1. The first-order valence-corrected chi connectivity index (χ1v) is 9.51. The van der Waals surface area contributed by atoms with Gasteiger partial charge in [0.2, 0.25) is 0 Å². The van der Waals surface area contributed by atoms with Gasteiger partial charge in [-0.3, -0.25) is 9.36 Å². The van der Waals surface area contributed by atoms with Crippen molar-refractivity contribution in [2.45, 2.75) is 43.5 Å². The second-order valence-corrected chi connectivity index (χ2v) is 8.58. The van der Waals surface area contributed by atoms with Crippen LogP contribution in [0.1, 0.15) is 43.6 Å². The predicted octanol–water partition coefficient (Wildman–Crippen LogP) is 4.93. The molecular formula is C21H23N3OS. The first-order valence-electron chi connectivity index (χ1n) is 8.63. The van der Waals surface area contributed by atoms with Crippen molar-refractivity contribution in [3.63, 3.8) is 0 Å². The number of hydrogen-bond donors (Lipinski definition) is 0. The Kier molecular flexibility index (Phi) is 5.28. The van der Waals surface area contributed by atoms with Crippen LogP contribution in [0.5, 0.6) is 0 Å². The van der Waals surface area contributed by atoms with Gasteiger partial charge < -0.3 is 0 Å². The van der Waals surface area contributed by atoms with Gasteiger partial charge in [0.05, 0.1) is 5.25 Å². The third-order valence-electron chi connectivity index (χ3n) is 4.24. The van der Waals surface area contributed by atoms with Crippen LogP contribution in [0, 0.1) is 0 Å². The number of carbonyl (C=O) groups is 1. The van der Waals surface area contributed by atoms with Gasteiger partial charge in [-0.2, -0.15) is 0 Å². The fourth-order valence-corrected chi connectivity index (χ4v) is 3.57.